The molecule has 0 aliphatic rings. The highest BCUT2D eigenvalue weighted by Crippen LogP contribution is 2.31. The first-order valence-corrected chi connectivity index (χ1v) is 9.00. The first-order valence-electron chi connectivity index (χ1n) is 7.81. The Labute approximate surface area is 154 Å². The molecule has 0 saturated heterocycles. The van der Waals surface area contributed by atoms with E-state index in [0.717, 1.165) is 36.9 Å². The van der Waals surface area contributed by atoms with Crippen molar-refractivity contribution >= 4 is 45.3 Å². The van der Waals surface area contributed by atoms with E-state index in [4.69, 9.17) is 11.6 Å². The maximum absolute atomic E-state index is 9.31. The second-order valence-electron chi connectivity index (χ2n) is 5.68. The predicted molar refractivity (Wildman–Crippen MR) is 107 cm³/mol. The zero-order valence-electron chi connectivity index (χ0n) is 13.2. The van der Waals surface area contributed by atoms with Gasteiger partial charge in [0.15, 0.2) is 0 Å². The van der Waals surface area contributed by atoms with Crippen LogP contribution < -0.4 is 0 Å². The van der Waals surface area contributed by atoms with E-state index in [1.807, 2.05) is 42.5 Å². The predicted octanol–water partition coefficient (Wildman–Crippen LogP) is 6.49. The van der Waals surface area contributed by atoms with E-state index in [9.17, 15) is 5.11 Å². The second kappa shape index (κ2) is 6.71. The van der Waals surface area contributed by atoms with E-state index in [0.29, 0.717) is 0 Å². The number of halogens is 1. The van der Waals surface area contributed by atoms with Crippen molar-refractivity contribution in [2.45, 2.75) is 0 Å². The lowest BCUT2D eigenvalue weighted by atomic mass is 10.1. The molecule has 0 aliphatic carbocycles. The summed E-state index contributed by atoms with van der Waals surface area (Å²) in [6, 6.07) is 21.2. The third-order valence-electron chi connectivity index (χ3n) is 3.87. The lowest BCUT2D eigenvalue weighted by molar-refractivity contribution is 0.475. The van der Waals surface area contributed by atoms with Gasteiger partial charge < -0.3 is 5.11 Å². The van der Waals surface area contributed by atoms with Crippen LogP contribution in [0.3, 0.4) is 0 Å². The van der Waals surface area contributed by atoms with Crippen LogP contribution in [0.15, 0.2) is 66.7 Å². The van der Waals surface area contributed by atoms with Crippen molar-refractivity contribution in [1.82, 2.24) is 4.98 Å². The topological polar surface area (TPSA) is 33.1 Å². The molecule has 0 aliphatic heterocycles. The fraction of sp³-hybridized carbons (Fsp3) is 0. The average molecular weight is 364 g/mol. The van der Waals surface area contributed by atoms with Crippen LogP contribution in [0, 0.1) is 0 Å². The zero-order valence-corrected chi connectivity index (χ0v) is 14.8. The lowest BCUT2D eigenvalue weighted by Gasteiger charge is -1.98. The average Bonchev–Trinajstić information content (AvgIpc) is 3.05. The first-order chi connectivity index (χ1) is 12.2. The van der Waals surface area contributed by atoms with Gasteiger partial charge in [0.2, 0.25) is 0 Å². The van der Waals surface area contributed by atoms with Crippen LogP contribution in [0.1, 0.15) is 11.1 Å². The molecule has 0 fully saturated rings. The van der Waals surface area contributed by atoms with Gasteiger partial charge >= 0.3 is 0 Å². The summed E-state index contributed by atoms with van der Waals surface area (Å²) in [6.07, 6.45) is 4.07. The first kappa shape index (κ1) is 15.9. The lowest BCUT2D eigenvalue weighted by Crippen LogP contribution is -1.77. The van der Waals surface area contributed by atoms with Gasteiger partial charge in [-0.2, -0.15) is 0 Å². The van der Waals surface area contributed by atoms with Crippen LogP contribution in [0.25, 0.3) is 32.9 Å². The molecular formula is C21H14ClNOS. The van der Waals surface area contributed by atoms with Gasteiger partial charge in [-0.05, 0) is 41.5 Å². The van der Waals surface area contributed by atoms with Crippen LogP contribution >= 0.6 is 22.9 Å². The number of aromatic hydroxyl groups is 1. The van der Waals surface area contributed by atoms with Crippen molar-refractivity contribution in [2.75, 3.05) is 0 Å². The Kier molecular flexibility index (Phi) is 4.26. The molecule has 1 heterocycles. The minimum atomic E-state index is 0.277. The highest BCUT2D eigenvalue weighted by Gasteiger charge is 2.06. The summed E-state index contributed by atoms with van der Waals surface area (Å²) >= 11 is 7.69. The van der Waals surface area contributed by atoms with Gasteiger partial charge in [0.05, 0.1) is 10.2 Å². The number of hydrogen-bond acceptors (Lipinski definition) is 3. The number of phenols is 1. The summed E-state index contributed by atoms with van der Waals surface area (Å²) in [5.74, 6) is 0.277. The zero-order chi connectivity index (χ0) is 17.2. The van der Waals surface area contributed by atoms with Crippen LogP contribution in [0.4, 0.5) is 0 Å². The van der Waals surface area contributed by atoms with Crippen LogP contribution in [-0.4, -0.2) is 10.1 Å². The maximum atomic E-state index is 9.31. The van der Waals surface area contributed by atoms with E-state index in [1.54, 1.807) is 23.5 Å². The Morgan fingerprint density at radius 3 is 2.16 bits per heavy atom. The van der Waals surface area contributed by atoms with Gasteiger partial charge in [-0.25, -0.2) is 4.98 Å². The molecule has 0 bridgehead atoms. The van der Waals surface area contributed by atoms with Gasteiger partial charge in [0.25, 0.3) is 0 Å². The molecule has 4 rings (SSSR count). The molecule has 1 N–H and O–H groups in total. The molecule has 1 aromatic heterocycles. The molecule has 0 amide bonds. The molecule has 122 valence electrons. The molecule has 25 heavy (non-hydrogen) atoms. The molecule has 0 atom stereocenters. The number of hydrogen-bond donors (Lipinski definition) is 1. The standard InChI is InChI=1S/C21H14ClNOS/c22-17-9-12-19-20(13-17)25-21(23-19)16-7-3-14(4-8-16)1-2-15-5-10-18(24)11-6-15/h1-13,24H/b2-1+. The Morgan fingerprint density at radius 1 is 0.840 bits per heavy atom. The second-order valence-corrected chi connectivity index (χ2v) is 7.15. The molecule has 0 radical (unpaired) electrons. The molecule has 0 saturated carbocycles. The molecule has 3 aromatic carbocycles. The Balaban J connectivity index is 1.57. The third kappa shape index (κ3) is 3.58. The number of thiazole rings is 1. The van der Waals surface area contributed by atoms with Crippen molar-refractivity contribution < 1.29 is 5.11 Å². The number of rotatable bonds is 3. The van der Waals surface area contributed by atoms with Crippen molar-refractivity contribution in [2.24, 2.45) is 0 Å². The number of benzene rings is 3. The molecule has 2 nitrogen and oxygen atoms in total. The summed E-state index contributed by atoms with van der Waals surface area (Å²) in [5, 5.41) is 11.0. The highest BCUT2D eigenvalue weighted by molar-refractivity contribution is 7.21. The molecule has 4 heteroatoms. The van der Waals surface area contributed by atoms with E-state index in [-0.39, 0.29) is 5.75 Å². The fourth-order valence-corrected chi connectivity index (χ4v) is 3.78. The van der Waals surface area contributed by atoms with Gasteiger partial charge in [0.1, 0.15) is 10.8 Å². The van der Waals surface area contributed by atoms with Crippen LogP contribution in [-0.2, 0) is 0 Å². The van der Waals surface area contributed by atoms with Gasteiger partial charge in [0, 0.05) is 10.6 Å². The number of phenolic OH excluding ortho intramolecular Hbond substituents is 1. The third-order valence-corrected chi connectivity index (χ3v) is 5.17. The minimum absolute atomic E-state index is 0.277. The van der Waals surface area contributed by atoms with Crippen LogP contribution in [0.2, 0.25) is 5.02 Å². The largest absolute Gasteiger partial charge is 0.508 e. The van der Waals surface area contributed by atoms with Crippen molar-refractivity contribution in [1.29, 1.82) is 0 Å². The van der Waals surface area contributed by atoms with E-state index < -0.39 is 0 Å². The molecule has 4 aromatic rings. The minimum Gasteiger partial charge on any atom is -0.508 e. The summed E-state index contributed by atoms with van der Waals surface area (Å²) in [7, 11) is 0. The summed E-state index contributed by atoms with van der Waals surface area (Å²) < 4.78 is 1.10. The highest BCUT2D eigenvalue weighted by atomic mass is 35.5. The maximum Gasteiger partial charge on any atom is 0.124 e. The monoisotopic (exact) mass is 363 g/mol. The van der Waals surface area contributed by atoms with Crippen molar-refractivity contribution in [3.05, 3.63) is 82.9 Å². The van der Waals surface area contributed by atoms with Crippen LogP contribution in [0.5, 0.6) is 5.75 Å². The van der Waals surface area contributed by atoms with E-state index in [2.05, 4.69) is 29.2 Å². The molecular weight excluding hydrogens is 350 g/mol. The van der Waals surface area contributed by atoms with Gasteiger partial charge in [-0.3, -0.25) is 0 Å². The number of nitrogens with zero attached hydrogens (tertiary/aromatic N) is 1. The smallest absolute Gasteiger partial charge is 0.124 e. The Hall–Kier alpha value is -2.62. The summed E-state index contributed by atoms with van der Waals surface area (Å²) in [5.41, 5.74) is 4.23. The van der Waals surface area contributed by atoms with E-state index in [1.165, 1.54) is 0 Å². The van der Waals surface area contributed by atoms with Crippen molar-refractivity contribution in [3.63, 3.8) is 0 Å². The quantitative estimate of drug-likeness (QED) is 0.422. The summed E-state index contributed by atoms with van der Waals surface area (Å²) in [4.78, 5) is 4.67. The fourth-order valence-electron chi connectivity index (χ4n) is 2.54. The normalized spacial score (nSPS) is 11.4. The van der Waals surface area contributed by atoms with E-state index >= 15 is 0 Å². The number of aromatic nitrogens is 1. The Morgan fingerprint density at radius 2 is 1.48 bits per heavy atom. The summed E-state index contributed by atoms with van der Waals surface area (Å²) in [6.45, 7) is 0. The van der Waals surface area contributed by atoms with Gasteiger partial charge in [-0.1, -0.05) is 60.2 Å². The Bertz CT molecular complexity index is 1050. The number of fused-ring (bicyclic) bond motifs is 1. The van der Waals surface area contributed by atoms with Crippen molar-refractivity contribution in [3.8, 4) is 16.3 Å². The molecule has 0 unspecified atom stereocenters. The van der Waals surface area contributed by atoms with Gasteiger partial charge in [-0.15, -0.1) is 11.3 Å². The molecule has 0 spiro atoms. The SMILES string of the molecule is Oc1ccc(/C=C/c2ccc(-c3nc4ccc(Cl)cc4s3)cc2)cc1.